The van der Waals surface area contributed by atoms with Crippen LogP contribution in [0.2, 0.25) is 0 Å². The number of nitrogens with zero attached hydrogens (tertiary/aromatic N) is 1. The maximum atomic E-state index is 5.17. The van der Waals surface area contributed by atoms with Gasteiger partial charge in [0.1, 0.15) is 0 Å². The Hall–Kier alpha value is -1.29. The molecule has 0 atom stereocenters. The van der Waals surface area contributed by atoms with E-state index >= 15 is 0 Å². The lowest BCUT2D eigenvalue weighted by Crippen LogP contribution is -2.00. The molecule has 0 saturated heterocycles. The van der Waals surface area contributed by atoms with E-state index in [9.17, 15) is 0 Å². The van der Waals surface area contributed by atoms with Crippen LogP contribution >= 0.6 is 0 Å². The second-order valence-corrected chi connectivity index (χ2v) is 4.92. The summed E-state index contributed by atoms with van der Waals surface area (Å²) in [4.78, 5) is 4.48. The molecule has 0 aliphatic carbocycles. The Morgan fingerprint density at radius 2 is 2.19 bits per heavy atom. The van der Waals surface area contributed by atoms with Crippen molar-refractivity contribution < 1.29 is 4.43 Å². The summed E-state index contributed by atoms with van der Waals surface area (Å²) in [7, 11) is 0.901. The molecule has 0 aliphatic heterocycles. The minimum Gasteiger partial charge on any atom is -0.419 e. The first-order valence-electron chi connectivity index (χ1n) is 5.41. The van der Waals surface area contributed by atoms with Gasteiger partial charge in [-0.2, -0.15) is 0 Å². The molecule has 0 unspecified atom stereocenters. The van der Waals surface area contributed by atoms with Crippen molar-refractivity contribution in [3.63, 3.8) is 0 Å². The molecule has 0 bridgehead atoms. The summed E-state index contributed by atoms with van der Waals surface area (Å²) >= 11 is 0. The molecule has 0 heterocycles. The average molecular weight is 233 g/mol. The van der Waals surface area contributed by atoms with Gasteiger partial charge in [0.15, 0.2) is 0 Å². The highest BCUT2D eigenvalue weighted by Crippen LogP contribution is 2.00. The molecule has 0 aromatic heterocycles. The molecule has 2 nitrogen and oxygen atoms in total. The molecule has 16 heavy (non-hydrogen) atoms. The first-order valence-corrected chi connectivity index (χ1v) is 6.70. The summed E-state index contributed by atoms with van der Waals surface area (Å²) < 4.78 is 5.17. The van der Waals surface area contributed by atoms with E-state index in [0.717, 1.165) is 17.5 Å². The fourth-order valence-corrected chi connectivity index (χ4v) is 1.87. The highest BCUT2D eigenvalue weighted by molar-refractivity contribution is 6.38. The summed E-state index contributed by atoms with van der Waals surface area (Å²) in [5.74, 6) is 0. The molecule has 0 radical (unpaired) electrons. The highest BCUT2D eigenvalue weighted by Gasteiger charge is 1.96. The van der Waals surface area contributed by atoms with Gasteiger partial charge in [-0.15, -0.1) is 0 Å². The Kier molecular flexibility index (Phi) is 9.41. The molecule has 86 valence electrons. The van der Waals surface area contributed by atoms with Crippen molar-refractivity contribution in [2.45, 2.75) is 33.1 Å². The number of hydrogen-bond acceptors (Lipinski definition) is 2. The molecule has 0 spiro atoms. The monoisotopic (exact) mass is 233 g/mol. The maximum Gasteiger partial charge on any atom is 0.222 e. The van der Waals surface area contributed by atoms with Gasteiger partial charge >= 0.3 is 0 Å². The quantitative estimate of drug-likeness (QED) is 0.392. The number of rotatable bonds is 6. The van der Waals surface area contributed by atoms with E-state index in [4.69, 9.17) is 4.43 Å². The van der Waals surface area contributed by atoms with Crippen LogP contribution in [0.1, 0.15) is 33.1 Å². The van der Waals surface area contributed by atoms with Crippen LogP contribution in [-0.4, -0.2) is 22.6 Å². The molecule has 0 fully saturated rings. The van der Waals surface area contributed by atoms with Crippen LogP contribution in [0, 0.1) is 0 Å². The summed E-state index contributed by atoms with van der Waals surface area (Å²) in [5, 5.41) is 0.860. The third kappa shape index (κ3) is 8.05. The third-order valence-corrected chi connectivity index (χ3v) is 2.75. The third-order valence-electron chi connectivity index (χ3n) is 1.86. The zero-order chi connectivity index (χ0) is 12.2. The van der Waals surface area contributed by atoms with Crippen LogP contribution in [0.4, 0.5) is 0 Å². The van der Waals surface area contributed by atoms with Crippen molar-refractivity contribution in [2.24, 2.45) is 4.99 Å². The second kappa shape index (κ2) is 10.2. The van der Waals surface area contributed by atoms with Crippen LogP contribution in [0.3, 0.4) is 0 Å². The highest BCUT2D eigenvalue weighted by atomic mass is 28.2. The molecular weight excluding hydrogens is 214 g/mol. The van der Waals surface area contributed by atoms with E-state index in [-0.39, 0.29) is 0 Å². The molecule has 0 aromatic carbocycles. The van der Waals surface area contributed by atoms with Crippen LogP contribution in [0.25, 0.3) is 0 Å². The summed E-state index contributed by atoms with van der Waals surface area (Å²) in [6.07, 6.45) is 3.38. The molecular formula is C13H19NOSi. The maximum absolute atomic E-state index is 5.17. The van der Waals surface area contributed by atoms with Gasteiger partial charge in [-0.25, -0.2) is 0 Å². The van der Waals surface area contributed by atoms with Crippen molar-refractivity contribution >= 4 is 15.5 Å². The van der Waals surface area contributed by atoms with Crippen LogP contribution in [-0.2, 0) is 4.43 Å². The van der Waals surface area contributed by atoms with Crippen LogP contribution in [0.5, 0.6) is 0 Å². The minimum atomic E-state index is -0.791. The lowest BCUT2D eigenvalue weighted by Gasteiger charge is -2.00. The second-order valence-electron chi connectivity index (χ2n) is 3.38. The molecule has 0 amide bonds. The number of unbranched alkanes of at least 4 members (excludes halogenated alkanes) is 1. The van der Waals surface area contributed by atoms with Gasteiger partial charge in [0.25, 0.3) is 0 Å². The zero-order valence-corrected chi connectivity index (χ0v) is 11.8. The van der Waals surface area contributed by atoms with Crippen molar-refractivity contribution in [1.82, 2.24) is 0 Å². The molecule has 3 heteroatoms. The van der Waals surface area contributed by atoms with E-state index in [0.29, 0.717) is 0 Å². The normalized spacial score (nSPS) is 10.6. The van der Waals surface area contributed by atoms with E-state index in [1.54, 1.807) is 7.11 Å². The molecule has 0 rings (SSSR count). The summed E-state index contributed by atoms with van der Waals surface area (Å²) in [6.45, 7) is 7.61. The fourth-order valence-electron chi connectivity index (χ4n) is 1.10. The summed E-state index contributed by atoms with van der Waals surface area (Å²) in [5.41, 5.74) is 11.9. The van der Waals surface area contributed by atoms with E-state index in [1.165, 1.54) is 12.8 Å². The largest absolute Gasteiger partial charge is 0.419 e. The summed E-state index contributed by atoms with van der Waals surface area (Å²) in [6, 6.07) is 0. The fraction of sp³-hybridized carbons (Fsp3) is 0.462. The molecule has 0 aliphatic rings. The molecule has 0 N–H and O–H groups in total. The van der Waals surface area contributed by atoms with E-state index in [1.807, 2.05) is 6.92 Å². The van der Waals surface area contributed by atoms with Gasteiger partial charge in [0, 0.05) is 12.8 Å². The van der Waals surface area contributed by atoms with Gasteiger partial charge in [-0.3, -0.25) is 4.99 Å². The van der Waals surface area contributed by atoms with Gasteiger partial charge in [-0.05, 0) is 43.5 Å². The van der Waals surface area contributed by atoms with Crippen LogP contribution < -0.4 is 0 Å². The van der Waals surface area contributed by atoms with Crippen LogP contribution in [0.15, 0.2) is 39.8 Å². The first-order chi connectivity index (χ1) is 7.74. The smallest absolute Gasteiger partial charge is 0.222 e. The Morgan fingerprint density at radius 1 is 1.44 bits per heavy atom. The Morgan fingerprint density at radius 3 is 2.75 bits per heavy atom. The Labute approximate surface area is 100 Å². The lowest BCUT2D eigenvalue weighted by atomic mass is 10.2. The first kappa shape index (κ1) is 14.7. The molecule has 0 aromatic rings. The zero-order valence-electron chi connectivity index (χ0n) is 10.4. The minimum absolute atomic E-state index is 0.791. The predicted molar refractivity (Wildman–Crippen MR) is 71.4 cm³/mol. The van der Waals surface area contributed by atoms with E-state index in [2.05, 4.69) is 41.4 Å². The number of aliphatic imine (C=N–C) groups is 1. The van der Waals surface area contributed by atoms with Crippen molar-refractivity contribution in [3.8, 4) is 0 Å². The Balaban J connectivity index is 4.87. The standard InChI is InChI=1S/C13H19NOSi/c1-5-7-9-11-13(16-15-4)14-12(3)10-8-6-2/h1,6,8,10,16H2,2-4H3. The van der Waals surface area contributed by atoms with Gasteiger partial charge in [0.2, 0.25) is 9.76 Å². The predicted octanol–water partition coefficient (Wildman–Crippen LogP) is 2.46. The topological polar surface area (TPSA) is 21.6 Å². The lowest BCUT2D eigenvalue weighted by molar-refractivity contribution is 0.447. The van der Waals surface area contributed by atoms with Gasteiger partial charge in [0.05, 0.1) is 5.32 Å². The van der Waals surface area contributed by atoms with Crippen molar-refractivity contribution in [3.05, 3.63) is 34.8 Å². The average Bonchev–Trinajstić information content (AvgIpc) is 2.27. The SMILES string of the molecule is C=C=C=C=C=C(N=C(C)CCCC)[SiH2]OC. The van der Waals surface area contributed by atoms with Crippen molar-refractivity contribution in [1.29, 1.82) is 0 Å². The van der Waals surface area contributed by atoms with Gasteiger partial charge < -0.3 is 4.43 Å². The Bertz CT molecular complexity index is 386. The van der Waals surface area contributed by atoms with Crippen molar-refractivity contribution in [2.75, 3.05) is 7.11 Å². The molecule has 0 saturated carbocycles. The number of hydrogen-bond donors (Lipinski definition) is 0. The van der Waals surface area contributed by atoms with E-state index < -0.39 is 9.76 Å². The van der Waals surface area contributed by atoms with Gasteiger partial charge in [-0.1, -0.05) is 19.1 Å².